The summed E-state index contributed by atoms with van der Waals surface area (Å²) in [5, 5.41) is 21.1. The first-order valence-corrected chi connectivity index (χ1v) is 24.3. The topological polar surface area (TPSA) is 103 Å². The number of carbonyl (C=O) groups excluding carboxylic acids is 2. The van der Waals surface area contributed by atoms with Gasteiger partial charge in [-0.25, -0.2) is 0 Å². The van der Waals surface area contributed by atoms with E-state index in [1.165, 1.54) is 31.3 Å². The van der Waals surface area contributed by atoms with E-state index >= 15 is 0 Å². The van der Waals surface area contributed by atoms with Crippen LogP contribution < -0.4 is 20.7 Å². The van der Waals surface area contributed by atoms with Crippen molar-refractivity contribution in [3.8, 4) is 5.75 Å². The highest BCUT2D eigenvalue weighted by Crippen LogP contribution is 2.77. The molecule has 6 fully saturated rings. The van der Waals surface area contributed by atoms with Gasteiger partial charge in [-0.3, -0.25) is 9.59 Å². The molecule has 2 aromatic rings. The van der Waals surface area contributed by atoms with Gasteiger partial charge in [0.05, 0.1) is 18.1 Å². The number of hydrogen-bond acceptors (Lipinski definition) is 6. The van der Waals surface area contributed by atoms with Crippen molar-refractivity contribution in [2.75, 3.05) is 45.9 Å². The van der Waals surface area contributed by atoms with Gasteiger partial charge in [-0.1, -0.05) is 71.0 Å². The van der Waals surface area contributed by atoms with Crippen molar-refractivity contribution in [3.63, 3.8) is 0 Å². The minimum Gasteiger partial charge on any atom is -0.494 e. The van der Waals surface area contributed by atoms with E-state index < -0.39 is 0 Å². The Balaban J connectivity index is 0.866. The first-order chi connectivity index (χ1) is 29.1. The van der Waals surface area contributed by atoms with Crippen LogP contribution in [0, 0.1) is 56.7 Å². The molecule has 5 aliphatic carbocycles. The van der Waals surface area contributed by atoms with E-state index in [9.17, 15) is 14.7 Å². The third-order valence-electron chi connectivity index (χ3n) is 18.9. The van der Waals surface area contributed by atoms with Gasteiger partial charge in [-0.15, -0.1) is 0 Å². The Morgan fingerprint density at radius 3 is 2.38 bits per heavy atom. The van der Waals surface area contributed by atoms with Crippen molar-refractivity contribution in [1.82, 2.24) is 20.9 Å². The molecule has 8 nitrogen and oxygen atoms in total. The Hall–Kier alpha value is -3.20. The van der Waals surface area contributed by atoms with Crippen LogP contribution >= 0.6 is 0 Å². The second-order valence-corrected chi connectivity index (χ2v) is 22.0. The number of amides is 2. The molecular weight excluding hydrogens is 757 g/mol. The van der Waals surface area contributed by atoms with Crippen LogP contribution in [0.15, 0.2) is 60.7 Å². The Morgan fingerprint density at radius 1 is 0.852 bits per heavy atom. The SMILES string of the molecule is C=C(C)[C@@H]1CC[C@]2(C(=O)NCCc3cccc(C(=O)NCc4ccc(OCCCN5CCNCC5)cc4)c3)CC[C@]3(C)C(CCC4[C@@]5(C)CC[C@H](O)C(C)(C)C5CC[C@]43C)C12. The summed E-state index contributed by atoms with van der Waals surface area (Å²) in [5.41, 5.74) is 4.19. The highest BCUT2D eigenvalue weighted by molar-refractivity contribution is 5.94. The molecule has 0 spiro atoms. The first-order valence-electron chi connectivity index (χ1n) is 24.3. The lowest BCUT2D eigenvalue weighted by molar-refractivity contribution is -0.246. The molecule has 1 aliphatic heterocycles. The number of allylic oxidation sites excluding steroid dienone is 1. The molecule has 10 atom stereocenters. The zero-order valence-corrected chi connectivity index (χ0v) is 38.6. The maximum absolute atomic E-state index is 14.7. The number of ether oxygens (including phenoxy) is 1. The maximum Gasteiger partial charge on any atom is 0.251 e. The minimum absolute atomic E-state index is 0.0510. The normalized spacial score (nSPS) is 36.7. The van der Waals surface area contributed by atoms with Crippen LogP contribution in [0.5, 0.6) is 5.75 Å². The standard InChI is InChI=1S/C53H78N4O4/c1-36(2)41-18-24-53(26-25-51(6)42(46(41)53)16-17-44-50(5)22-20-45(58)49(3,4)43(50)19-23-52(44,51)7)48(60)55-27-21-37-10-8-11-39(34-37)47(59)56-35-38-12-14-40(15-13-38)61-33-9-30-57-31-28-54-29-32-57/h8,10-15,34,41-46,54,58H,1,9,16-33,35H2,2-7H3,(H,55,60)(H,56,59)/t41-,42?,43?,44?,45-,46?,50-,51+,52+,53-/m0/s1. The number of hydrogen-bond donors (Lipinski definition) is 4. The number of piperazine rings is 1. The van der Waals surface area contributed by atoms with E-state index in [0.717, 1.165) is 94.5 Å². The van der Waals surface area contributed by atoms with E-state index in [1.54, 1.807) is 0 Å². The lowest BCUT2D eigenvalue weighted by Crippen LogP contribution is -2.67. The smallest absolute Gasteiger partial charge is 0.251 e. The van der Waals surface area contributed by atoms with Gasteiger partial charge < -0.3 is 30.7 Å². The molecule has 1 heterocycles. The zero-order valence-electron chi connectivity index (χ0n) is 38.6. The molecule has 5 saturated carbocycles. The average molecular weight is 835 g/mol. The molecule has 2 aromatic carbocycles. The summed E-state index contributed by atoms with van der Waals surface area (Å²) in [4.78, 5) is 30.5. The highest BCUT2D eigenvalue weighted by Gasteiger charge is 2.71. The van der Waals surface area contributed by atoms with Crippen molar-refractivity contribution in [2.24, 2.45) is 56.7 Å². The van der Waals surface area contributed by atoms with Crippen LogP contribution in [0.4, 0.5) is 0 Å². The summed E-state index contributed by atoms with van der Waals surface area (Å²) in [6.45, 7) is 26.4. The zero-order chi connectivity index (χ0) is 43.2. The summed E-state index contributed by atoms with van der Waals surface area (Å²) in [6, 6.07) is 15.9. The van der Waals surface area contributed by atoms with Crippen molar-refractivity contribution in [1.29, 1.82) is 0 Å². The van der Waals surface area contributed by atoms with Gasteiger partial charge in [0.2, 0.25) is 5.91 Å². The molecule has 61 heavy (non-hydrogen) atoms. The summed E-state index contributed by atoms with van der Waals surface area (Å²) in [6.07, 6.45) is 12.4. The van der Waals surface area contributed by atoms with Gasteiger partial charge in [0.15, 0.2) is 0 Å². The second-order valence-electron chi connectivity index (χ2n) is 22.0. The predicted molar refractivity (Wildman–Crippen MR) is 245 cm³/mol. The molecule has 8 rings (SSSR count). The molecule has 0 radical (unpaired) electrons. The molecule has 0 bridgehead atoms. The van der Waals surface area contributed by atoms with Crippen LogP contribution in [0.2, 0.25) is 0 Å². The average Bonchev–Trinajstić information content (AvgIpc) is 3.66. The van der Waals surface area contributed by atoms with Gasteiger partial charge >= 0.3 is 0 Å². The molecule has 6 aliphatic rings. The van der Waals surface area contributed by atoms with Crippen LogP contribution in [-0.4, -0.2) is 73.8 Å². The molecule has 0 aromatic heterocycles. The molecular formula is C53H78N4O4. The Labute approximate surface area is 367 Å². The Kier molecular flexibility index (Phi) is 12.7. The number of rotatable bonds is 13. The second kappa shape index (κ2) is 17.4. The van der Waals surface area contributed by atoms with E-state index in [-0.39, 0.29) is 45.0 Å². The molecule has 4 N–H and O–H groups in total. The van der Waals surface area contributed by atoms with Gasteiger partial charge in [-0.05, 0) is 171 Å². The van der Waals surface area contributed by atoms with Crippen molar-refractivity contribution < 1.29 is 19.4 Å². The van der Waals surface area contributed by atoms with E-state index in [4.69, 9.17) is 4.74 Å². The largest absolute Gasteiger partial charge is 0.494 e. The maximum atomic E-state index is 14.7. The summed E-state index contributed by atoms with van der Waals surface area (Å²) in [5.74, 6) is 3.39. The van der Waals surface area contributed by atoms with E-state index in [2.05, 4.69) is 75.0 Å². The van der Waals surface area contributed by atoms with Crippen LogP contribution in [-0.2, 0) is 17.8 Å². The van der Waals surface area contributed by atoms with Crippen LogP contribution in [0.3, 0.4) is 0 Å². The van der Waals surface area contributed by atoms with E-state index in [0.29, 0.717) is 61.3 Å². The quantitative estimate of drug-likeness (QED) is 0.119. The van der Waals surface area contributed by atoms with Gasteiger partial charge in [0.25, 0.3) is 5.91 Å². The predicted octanol–water partition coefficient (Wildman–Crippen LogP) is 8.97. The monoisotopic (exact) mass is 835 g/mol. The van der Waals surface area contributed by atoms with Gasteiger partial charge in [0.1, 0.15) is 5.75 Å². The first kappa shape index (κ1) is 44.4. The fraction of sp³-hybridized carbons (Fsp3) is 0.698. The van der Waals surface area contributed by atoms with Gasteiger partial charge in [-0.2, -0.15) is 0 Å². The molecule has 8 heteroatoms. The number of fused-ring (bicyclic) bond motifs is 7. The molecule has 1 saturated heterocycles. The summed E-state index contributed by atoms with van der Waals surface area (Å²) in [7, 11) is 0. The number of aliphatic hydroxyl groups excluding tert-OH is 1. The molecule has 2 amide bonds. The van der Waals surface area contributed by atoms with Crippen LogP contribution in [0.1, 0.15) is 134 Å². The van der Waals surface area contributed by atoms with Crippen molar-refractivity contribution in [2.45, 2.75) is 131 Å². The van der Waals surface area contributed by atoms with Crippen molar-refractivity contribution in [3.05, 3.63) is 77.4 Å². The number of aliphatic hydroxyl groups is 1. The molecule has 4 unspecified atom stereocenters. The Morgan fingerprint density at radius 2 is 1.62 bits per heavy atom. The number of carbonyl (C=O) groups is 2. The third-order valence-corrected chi connectivity index (χ3v) is 18.9. The third kappa shape index (κ3) is 8.02. The fourth-order valence-electron chi connectivity index (χ4n) is 15.3. The molecule has 334 valence electrons. The van der Waals surface area contributed by atoms with Gasteiger partial charge in [0, 0.05) is 51.4 Å². The minimum atomic E-state index is -0.355. The number of benzene rings is 2. The lowest BCUT2D eigenvalue weighted by Gasteiger charge is -2.72. The van der Waals surface area contributed by atoms with Crippen LogP contribution in [0.25, 0.3) is 0 Å². The van der Waals surface area contributed by atoms with Crippen molar-refractivity contribution >= 4 is 11.8 Å². The summed E-state index contributed by atoms with van der Waals surface area (Å²) < 4.78 is 5.98. The number of nitrogens with one attached hydrogen (secondary N) is 3. The van der Waals surface area contributed by atoms with E-state index in [1.807, 2.05) is 42.5 Å². The number of nitrogens with zero attached hydrogens (tertiary/aromatic N) is 1. The fourth-order valence-corrected chi connectivity index (χ4v) is 15.3. The highest BCUT2D eigenvalue weighted by atomic mass is 16.5. The lowest BCUT2D eigenvalue weighted by atomic mass is 9.32. The summed E-state index contributed by atoms with van der Waals surface area (Å²) >= 11 is 0. The Bertz CT molecular complexity index is 1910.